The van der Waals surface area contributed by atoms with Crippen LogP contribution in [0.4, 0.5) is 4.79 Å². The van der Waals surface area contributed by atoms with Gasteiger partial charge in [-0.2, -0.15) is 0 Å². The summed E-state index contributed by atoms with van der Waals surface area (Å²) in [5.74, 6) is -13.9. The van der Waals surface area contributed by atoms with E-state index >= 15 is 19.2 Å². The number of fused-ring (bicyclic) bond motifs is 2. The molecule has 46 heteroatoms. The molecule has 128 heavy (non-hydrogen) atoms. The Morgan fingerprint density at radius 2 is 1.04 bits per heavy atom. The highest BCUT2D eigenvalue weighted by atomic mass is 33.1. The lowest BCUT2D eigenvalue weighted by Crippen LogP contribution is -2.61. The lowest BCUT2D eigenvalue weighted by atomic mass is 9.99. The molecule has 6 rings (SSSR count). The summed E-state index contributed by atoms with van der Waals surface area (Å²) in [5.41, 5.74) is 42.0. The van der Waals surface area contributed by atoms with Crippen molar-refractivity contribution in [3.63, 3.8) is 0 Å². The number of thioether (sulfide) groups is 1. The second-order valence-corrected chi connectivity index (χ2v) is 35.3. The number of aromatic nitrogens is 2. The highest BCUT2D eigenvalue weighted by Crippen LogP contribution is 2.33. The number of nitrogens with zero attached hydrogens (tertiary/aromatic N) is 2. The Hall–Kier alpha value is -11.7. The number of carboxylic acids is 2. The number of carboxylic acid groups (broad SMARTS) is 2. The third-order valence-electron chi connectivity index (χ3n) is 19.8. The summed E-state index contributed by atoms with van der Waals surface area (Å²) in [4.78, 5) is 230. The normalized spacial score (nSPS) is 14.7. The summed E-state index contributed by atoms with van der Waals surface area (Å²) < 4.78 is 11.4. The highest BCUT2D eigenvalue weighted by molar-refractivity contribution is 8.76. The summed E-state index contributed by atoms with van der Waals surface area (Å²) >= 11 is 2.59. The summed E-state index contributed by atoms with van der Waals surface area (Å²) in [6.07, 6.45) is -0.407. The first kappa shape index (κ1) is 105. The molecule has 13 amide bonds. The predicted octanol–water partition coefficient (Wildman–Crippen LogP) is -0.0780. The lowest BCUT2D eigenvalue weighted by Gasteiger charge is -2.29. The van der Waals surface area contributed by atoms with Gasteiger partial charge in [-0.25, -0.2) is 14.6 Å². The van der Waals surface area contributed by atoms with E-state index in [0.29, 0.717) is 91.7 Å². The van der Waals surface area contributed by atoms with Gasteiger partial charge in [-0.15, -0.1) is 23.1 Å². The van der Waals surface area contributed by atoms with Crippen LogP contribution in [-0.4, -0.2) is 243 Å². The van der Waals surface area contributed by atoms with Crippen LogP contribution in [0.15, 0.2) is 84.0 Å². The topological polar surface area (TPSA) is 711 Å². The number of amides is 13. The molecule has 0 bridgehead atoms. The van der Waals surface area contributed by atoms with E-state index in [4.69, 9.17) is 55.0 Å². The van der Waals surface area contributed by atoms with Gasteiger partial charge in [-0.3, -0.25) is 77.5 Å². The monoisotopic (exact) mass is 1860 g/mol. The standard InChI is InChI=1S/C82H118N22O20S4/c1-45(2)38-58(74(116)100-59(39-46-16-4-3-5-17-46)75(117)102-61(42-65(87)106)77(119)97-54(21-9-12-32-84)70(112)98-57(26-28-64(86)105)73(115)94-52(68(88)110)27-29-67(108)109)99-71(113)55(22-10-13-33-85)96-76(118)60(40-47-43-92-50-19-7-6-18-49(47)50)101-72(114)56(23-14-34-91-81(89)90)95-69(111)53(20-8-11-31-83)93-66(107)30-37-127-126-36-15-35-123-82(122)124-48-24-25-51-63(41-48)128-79(103-51)78-104-62(44-125-78)80(120)121/h3-7,16-19,24-25,41,43,45,52-62,92H,8-15,20-23,26-40,42,44,83-85H2,1-2H3,(H2,86,105)(H2,87,106)(H2,88,110)(H,93,107)(H,94,115)(H,95,111)(H,96,118)(H,97,119)(H,98,112)(H,99,113)(H,100,116)(H,101,114)(H,102,117)(H,108,109)(H,120,121)(H4,89,90,91)/t52-,53-,54-,55-,56-,57-,58-,59-,60-,61-,62+/m0/s1. The number of aliphatic imine (C=N–C) groups is 1. The number of aromatic amines is 1. The van der Waals surface area contributed by atoms with Crippen molar-refractivity contribution in [3.8, 4) is 5.75 Å². The second kappa shape index (κ2) is 55.8. The minimum atomic E-state index is -1.87. The molecule has 1 aliphatic rings. The van der Waals surface area contributed by atoms with Crippen molar-refractivity contribution in [1.82, 2.24) is 68.5 Å². The van der Waals surface area contributed by atoms with E-state index in [1.165, 1.54) is 44.7 Å². The van der Waals surface area contributed by atoms with Crippen LogP contribution in [0.3, 0.4) is 0 Å². The van der Waals surface area contributed by atoms with Crippen molar-refractivity contribution in [3.05, 3.63) is 95.1 Å². The zero-order chi connectivity index (χ0) is 93.8. The minimum absolute atomic E-state index is 0.0266. The first-order valence-corrected chi connectivity index (χ1v) is 46.3. The van der Waals surface area contributed by atoms with Crippen LogP contribution in [0.1, 0.15) is 152 Å². The maximum atomic E-state index is 15.3. The summed E-state index contributed by atoms with van der Waals surface area (Å²) in [5, 5.41) is 57.1. The SMILES string of the molecule is CC(C)C[C@H](NC(=O)[C@H](CCCCN)NC(=O)[C@H](Cc1c[nH]c2ccccc12)NC(=O)[C@H](CCCNC(=N)N)NC(=O)[C@H](CCCCN)NC(=O)CCSSCCCOC(=O)Oc1ccc2nc(C3=N[C@@H](C(=O)O)CS3)sc2c1)C(=O)N[C@@H](Cc1ccccc1)C(=O)N[C@@H](CC(N)=O)C(=O)N[C@@H](CCCCN)C(=O)N[C@@H](CCC(N)=O)C(=O)N[C@@H](CCC(=O)O)C(N)=O. The molecule has 1 aliphatic heterocycles. The number of H-pyrrole nitrogens is 1. The molecule has 700 valence electrons. The number of rotatable bonds is 61. The number of carbonyl (C=O) groups is 16. The number of hydrogen-bond acceptors (Lipinski definition) is 28. The van der Waals surface area contributed by atoms with Crippen LogP contribution in [-0.2, 0) is 89.5 Å². The van der Waals surface area contributed by atoms with Crippen molar-refractivity contribution in [2.45, 2.75) is 215 Å². The zero-order valence-electron chi connectivity index (χ0n) is 71.3. The molecule has 0 saturated carbocycles. The number of nitrogens with one attached hydrogen (secondary N) is 13. The van der Waals surface area contributed by atoms with Crippen LogP contribution in [0.5, 0.6) is 5.75 Å². The third kappa shape index (κ3) is 37.7. The van der Waals surface area contributed by atoms with Crippen LogP contribution < -0.4 is 103 Å². The quantitative estimate of drug-likeness (QED) is 0.00604. The van der Waals surface area contributed by atoms with Gasteiger partial charge in [-0.1, -0.05) is 84.0 Å². The zero-order valence-corrected chi connectivity index (χ0v) is 74.5. The van der Waals surface area contributed by atoms with E-state index < -0.39 is 193 Å². The fraction of sp³-hybridized carbons (Fsp3) is 0.524. The van der Waals surface area contributed by atoms with Crippen LogP contribution in [0.25, 0.3) is 21.1 Å². The van der Waals surface area contributed by atoms with Crippen LogP contribution in [0.2, 0.25) is 0 Å². The average Bonchev–Trinajstić information content (AvgIpc) is 1.65. The Bertz CT molecular complexity index is 4660. The van der Waals surface area contributed by atoms with E-state index in [9.17, 15) is 67.7 Å². The van der Waals surface area contributed by atoms with Gasteiger partial charge in [0.1, 0.15) is 76.2 Å². The number of aliphatic carboxylic acids is 2. The Morgan fingerprint density at radius 1 is 0.539 bits per heavy atom. The van der Waals surface area contributed by atoms with Gasteiger partial charge < -0.3 is 123 Å². The molecule has 0 unspecified atom stereocenters. The molecular weight excluding hydrogens is 1740 g/mol. The smallest absolute Gasteiger partial charge is 0.481 e. The van der Waals surface area contributed by atoms with Crippen molar-refractivity contribution in [1.29, 1.82) is 5.41 Å². The number of nitrogens with two attached hydrogens (primary N) is 7. The van der Waals surface area contributed by atoms with Crippen molar-refractivity contribution >= 4 is 172 Å². The van der Waals surface area contributed by atoms with Gasteiger partial charge >= 0.3 is 18.1 Å². The van der Waals surface area contributed by atoms with Gasteiger partial charge in [0.25, 0.3) is 0 Å². The van der Waals surface area contributed by atoms with E-state index in [1.807, 2.05) is 0 Å². The number of carbonyl (C=O) groups excluding carboxylic acids is 14. The Labute approximate surface area is 754 Å². The summed E-state index contributed by atoms with van der Waals surface area (Å²) in [7, 11) is 2.80. The Kier molecular flexibility index (Phi) is 45.8. The maximum Gasteiger partial charge on any atom is 0.513 e. The molecule has 42 nitrogen and oxygen atoms in total. The second-order valence-electron chi connectivity index (χ2n) is 30.6. The lowest BCUT2D eigenvalue weighted by molar-refractivity contribution is -0.138. The summed E-state index contributed by atoms with van der Waals surface area (Å²) in [6, 6.07) is 4.19. The molecular formula is C82H118N22O20S4. The van der Waals surface area contributed by atoms with Crippen molar-refractivity contribution < 1.29 is 96.4 Å². The van der Waals surface area contributed by atoms with Gasteiger partial charge in [0.15, 0.2) is 12.0 Å². The number of benzene rings is 3. The van der Waals surface area contributed by atoms with E-state index in [0.717, 1.165) is 0 Å². The average molecular weight is 1860 g/mol. The molecule has 2 aromatic heterocycles. The molecule has 0 spiro atoms. The predicted molar refractivity (Wildman–Crippen MR) is 483 cm³/mol. The molecule has 0 aliphatic carbocycles. The highest BCUT2D eigenvalue weighted by Gasteiger charge is 2.38. The van der Waals surface area contributed by atoms with E-state index in [-0.39, 0.29) is 121 Å². The number of unbranched alkanes of at least 4 members (excludes halogenated alkanes) is 3. The van der Waals surface area contributed by atoms with Gasteiger partial charge in [0.05, 0.1) is 23.2 Å². The number of thiazole rings is 1. The maximum absolute atomic E-state index is 15.3. The molecule has 0 radical (unpaired) electrons. The third-order valence-corrected chi connectivity index (χ3v) is 24.5. The van der Waals surface area contributed by atoms with E-state index in [2.05, 4.69) is 73.4 Å². The molecule has 29 N–H and O–H groups in total. The number of guanidine groups is 1. The van der Waals surface area contributed by atoms with Gasteiger partial charge in [-0.05, 0) is 151 Å². The molecule has 3 aromatic carbocycles. The molecule has 5 aromatic rings. The first-order valence-electron chi connectivity index (χ1n) is 42.0. The number of primary amides is 3. The molecule has 0 saturated heterocycles. The first-order chi connectivity index (χ1) is 61.1. The molecule has 0 fully saturated rings. The fourth-order valence-electron chi connectivity index (χ4n) is 13.1. The van der Waals surface area contributed by atoms with Gasteiger partial charge in [0.2, 0.25) is 76.8 Å². The van der Waals surface area contributed by atoms with Crippen molar-refractivity contribution in [2.75, 3.05) is 50.0 Å². The fourth-order valence-corrected chi connectivity index (χ4v) is 17.3. The summed E-state index contributed by atoms with van der Waals surface area (Å²) in [6.45, 7) is 4.16. The molecule has 11 atom stereocenters. The van der Waals surface area contributed by atoms with E-state index in [1.54, 1.807) is 92.8 Å². The number of hydrogen-bond donors (Lipinski definition) is 22. The van der Waals surface area contributed by atoms with Gasteiger partial charge in [0, 0.05) is 79.1 Å². The molecule has 3 heterocycles. The van der Waals surface area contributed by atoms with Crippen LogP contribution >= 0.6 is 44.7 Å². The van der Waals surface area contributed by atoms with Crippen LogP contribution in [0, 0.1) is 11.3 Å². The largest absolute Gasteiger partial charge is 0.513 e. The minimum Gasteiger partial charge on any atom is -0.481 e. The Morgan fingerprint density at radius 3 is 1.59 bits per heavy atom. The Balaban J connectivity index is 1.17. The number of para-hydroxylation sites is 1. The van der Waals surface area contributed by atoms with Crippen molar-refractivity contribution in [2.24, 2.45) is 51.0 Å². The number of ether oxygens (including phenoxy) is 2.